The van der Waals surface area contributed by atoms with Crippen LogP contribution in [0.3, 0.4) is 0 Å². The lowest BCUT2D eigenvalue weighted by molar-refractivity contribution is -0.278. The molecule has 2 aromatic rings. The molecule has 1 saturated heterocycles. The fourth-order valence-electron chi connectivity index (χ4n) is 3.75. The summed E-state index contributed by atoms with van der Waals surface area (Å²) in [6.07, 6.45) is -6.13. The summed E-state index contributed by atoms with van der Waals surface area (Å²) >= 11 is 0. The lowest BCUT2D eigenvalue weighted by atomic mass is 9.99. The Morgan fingerprint density at radius 3 is 2.48 bits per heavy atom. The maximum atomic E-state index is 14.6. The molecule has 2 heterocycles. The van der Waals surface area contributed by atoms with Gasteiger partial charge in [0, 0.05) is 23.7 Å². The predicted molar refractivity (Wildman–Crippen MR) is 110 cm³/mol. The number of aliphatic hydroxyl groups is 4. The number of nitrogens with zero attached hydrogens (tertiary/aromatic N) is 2. The first-order chi connectivity index (χ1) is 14.7. The topological polar surface area (TPSA) is 117 Å². The number of aliphatic hydroxyl groups excluding tert-OH is 4. The van der Waals surface area contributed by atoms with Crippen molar-refractivity contribution in [1.29, 1.82) is 0 Å². The highest BCUT2D eigenvalue weighted by Gasteiger charge is 2.45. The second-order valence-corrected chi connectivity index (χ2v) is 8.18. The maximum Gasteiger partial charge on any atom is 0.239 e. The van der Waals surface area contributed by atoms with Crippen molar-refractivity contribution in [3.63, 3.8) is 0 Å². The van der Waals surface area contributed by atoms with Crippen molar-refractivity contribution >= 4 is 0 Å². The molecule has 8 nitrogen and oxygen atoms in total. The van der Waals surface area contributed by atoms with Crippen LogP contribution in [0.25, 0.3) is 0 Å². The summed E-state index contributed by atoms with van der Waals surface area (Å²) in [6, 6.07) is 5.12. The lowest BCUT2D eigenvalue weighted by Crippen LogP contribution is -2.60. The Balaban J connectivity index is 1.94. The smallest absolute Gasteiger partial charge is 0.239 e. The largest absolute Gasteiger partial charge is 0.443 e. The van der Waals surface area contributed by atoms with E-state index in [4.69, 9.17) is 9.47 Å². The first-order valence-corrected chi connectivity index (χ1v) is 10.5. The van der Waals surface area contributed by atoms with Crippen LogP contribution < -0.4 is 4.74 Å². The van der Waals surface area contributed by atoms with Gasteiger partial charge in [-0.2, -0.15) is 0 Å². The fraction of sp³-hybridized carbons (Fsp3) is 0.591. The molecule has 31 heavy (non-hydrogen) atoms. The Morgan fingerprint density at radius 2 is 1.90 bits per heavy atom. The van der Waals surface area contributed by atoms with Gasteiger partial charge in [-0.05, 0) is 44.4 Å². The monoisotopic (exact) mass is 438 g/mol. The predicted octanol–water partition coefficient (Wildman–Crippen LogP) is 1.24. The van der Waals surface area contributed by atoms with E-state index in [2.05, 4.69) is 5.10 Å². The van der Waals surface area contributed by atoms with Gasteiger partial charge in [0.25, 0.3) is 0 Å². The minimum Gasteiger partial charge on any atom is -0.443 e. The van der Waals surface area contributed by atoms with Crippen LogP contribution >= 0.6 is 0 Å². The van der Waals surface area contributed by atoms with E-state index in [9.17, 15) is 24.8 Å². The zero-order valence-electron chi connectivity index (χ0n) is 18.2. The number of aromatic nitrogens is 2. The molecule has 0 aliphatic carbocycles. The minimum absolute atomic E-state index is 0.00165. The van der Waals surface area contributed by atoms with E-state index in [1.807, 2.05) is 33.8 Å². The van der Waals surface area contributed by atoms with Crippen LogP contribution in [-0.4, -0.2) is 67.5 Å². The van der Waals surface area contributed by atoms with Crippen LogP contribution in [0.2, 0.25) is 0 Å². The molecule has 1 fully saturated rings. The Morgan fingerprint density at radius 1 is 1.19 bits per heavy atom. The second-order valence-electron chi connectivity index (χ2n) is 8.18. The average Bonchev–Trinajstić information content (AvgIpc) is 3.05. The van der Waals surface area contributed by atoms with Gasteiger partial charge in [-0.25, -0.2) is 4.39 Å². The number of benzene rings is 1. The lowest BCUT2D eigenvalue weighted by Gasteiger charge is -2.39. The van der Waals surface area contributed by atoms with Crippen molar-refractivity contribution in [2.45, 2.75) is 77.3 Å². The Bertz CT molecular complexity index is 900. The number of hydrogen-bond donors (Lipinski definition) is 4. The first kappa shape index (κ1) is 23.6. The van der Waals surface area contributed by atoms with Gasteiger partial charge in [-0.1, -0.05) is 19.1 Å². The summed E-state index contributed by atoms with van der Waals surface area (Å²) < 4.78 is 27.6. The number of rotatable bonds is 7. The van der Waals surface area contributed by atoms with Crippen molar-refractivity contribution in [2.75, 3.05) is 6.61 Å². The summed E-state index contributed by atoms with van der Waals surface area (Å²) in [6.45, 7) is 7.13. The van der Waals surface area contributed by atoms with Crippen molar-refractivity contribution < 1.29 is 34.3 Å². The molecule has 1 aliphatic rings. The van der Waals surface area contributed by atoms with E-state index in [0.29, 0.717) is 11.1 Å². The van der Waals surface area contributed by atoms with Gasteiger partial charge >= 0.3 is 0 Å². The zero-order valence-corrected chi connectivity index (χ0v) is 18.2. The minimum atomic E-state index is -1.56. The Hall–Kier alpha value is -2.04. The molecule has 0 unspecified atom stereocenters. The maximum absolute atomic E-state index is 14.6. The molecule has 0 saturated carbocycles. The van der Waals surface area contributed by atoms with Crippen molar-refractivity contribution in [3.8, 4) is 5.88 Å². The van der Waals surface area contributed by atoms with Gasteiger partial charge in [0.1, 0.15) is 30.2 Å². The molecular formula is C22H31FN2O6. The Labute approximate surface area is 180 Å². The molecule has 0 spiro atoms. The molecule has 172 valence electrons. The van der Waals surface area contributed by atoms with Crippen LogP contribution in [0.15, 0.2) is 18.2 Å². The van der Waals surface area contributed by atoms with Crippen molar-refractivity contribution in [1.82, 2.24) is 9.78 Å². The summed E-state index contributed by atoms with van der Waals surface area (Å²) in [4.78, 5) is 0. The van der Waals surface area contributed by atoms with Gasteiger partial charge in [0.15, 0.2) is 0 Å². The summed E-state index contributed by atoms with van der Waals surface area (Å²) in [5.41, 5.74) is 2.76. The molecule has 5 atom stereocenters. The highest BCUT2D eigenvalue weighted by Crippen LogP contribution is 2.31. The normalized spacial score (nSPS) is 26.5. The first-order valence-electron chi connectivity index (χ1n) is 10.5. The third kappa shape index (κ3) is 4.75. The molecular weight excluding hydrogens is 407 g/mol. The number of halogens is 1. The molecule has 0 radical (unpaired) electrons. The third-order valence-corrected chi connectivity index (χ3v) is 5.70. The molecule has 9 heteroatoms. The summed E-state index contributed by atoms with van der Waals surface area (Å²) in [5.74, 6) is -0.190. The van der Waals surface area contributed by atoms with E-state index < -0.39 is 37.3 Å². The highest BCUT2D eigenvalue weighted by molar-refractivity contribution is 5.38. The van der Waals surface area contributed by atoms with Gasteiger partial charge < -0.3 is 29.9 Å². The van der Waals surface area contributed by atoms with Crippen LogP contribution in [0.1, 0.15) is 49.2 Å². The van der Waals surface area contributed by atoms with E-state index in [0.717, 1.165) is 17.7 Å². The van der Waals surface area contributed by atoms with E-state index in [1.165, 1.54) is 6.07 Å². The SMILES string of the molecule is CCc1ccc(Cc2c(O[C@H]3O[C@H](CO)[C@@H](O)[C@H](O)[C@H]3O)nn(C(C)C)c2C)c(F)c1. The van der Waals surface area contributed by atoms with E-state index >= 15 is 0 Å². The van der Waals surface area contributed by atoms with Crippen molar-refractivity contribution in [2.24, 2.45) is 0 Å². The van der Waals surface area contributed by atoms with Crippen LogP contribution in [0.5, 0.6) is 5.88 Å². The Kier molecular flexibility index (Phi) is 7.33. The van der Waals surface area contributed by atoms with Gasteiger partial charge in [0.2, 0.25) is 12.2 Å². The van der Waals surface area contributed by atoms with Gasteiger partial charge in [-0.3, -0.25) is 4.68 Å². The molecule has 0 amide bonds. The standard InChI is InChI=1S/C22H31FN2O6/c1-5-13-6-7-14(16(23)8-13)9-15-12(4)25(11(2)3)24-21(15)31-22-20(29)19(28)18(27)17(10-26)30-22/h6-8,11,17-20,22,26-29H,5,9-10H2,1-4H3/t17-,18-,19+,20-,22-/m1/s1. The number of aryl methyl sites for hydroxylation is 1. The highest BCUT2D eigenvalue weighted by atomic mass is 19.1. The number of ether oxygens (including phenoxy) is 2. The summed E-state index contributed by atoms with van der Waals surface area (Å²) in [7, 11) is 0. The zero-order chi connectivity index (χ0) is 22.9. The van der Waals surface area contributed by atoms with Crippen LogP contribution in [0.4, 0.5) is 4.39 Å². The molecule has 4 N–H and O–H groups in total. The van der Waals surface area contributed by atoms with E-state index in [1.54, 1.807) is 10.7 Å². The van der Waals surface area contributed by atoms with Gasteiger partial charge in [0.05, 0.1) is 6.61 Å². The molecule has 0 bridgehead atoms. The van der Waals surface area contributed by atoms with Crippen LogP contribution in [-0.2, 0) is 17.6 Å². The molecule has 3 rings (SSSR count). The quantitative estimate of drug-likeness (QED) is 0.514. The fourth-order valence-corrected chi connectivity index (χ4v) is 3.75. The number of hydrogen-bond acceptors (Lipinski definition) is 7. The van der Waals surface area contributed by atoms with Crippen molar-refractivity contribution in [3.05, 3.63) is 46.4 Å². The van der Waals surface area contributed by atoms with Crippen LogP contribution in [0, 0.1) is 12.7 Å². The molecule has 1 aliphatic heterocycles. The van der Waals surface area contributed by atoms with E-state index in [-0.39, 0.29) is 24.2 Å². The molecule has 1 aromatic heterocycles. The third-order valence-electron chi connectivity index (χ3n) is 5.70. The summed E-state index contributed by atoms with van der Waals surface area (Å²) in [5, 5.41) is 44.2. The van der Waals surface area contributed by atoms with Gasteiger partial charge in [-0.15, -0.1) is 5.10 Å². The molecule has 1 aromatic carbocycles. The second kappa shape index (κ2) is 9.62. The average molecular weight is 438 g/mol.